The lowest BCUT2D eigenvalue weighted by molar-refractivity contribution is -0.142. The van der Waals surface area contributed by atoms with Crippen LogP contribution >= 0.6 is 11.6 Å². The molecule has 162 valence electrons. The first kappa shape index (κ1) is 19.6. The van der Waals surface area contributed by atoms with Gasteiger partial charge in [0, 0.05) is 5.69 Å². The van der Waals surface area contributed by atoms with Gasteiger partial charge in [-0.15, -0.1) is 0 Å². The van der Waals surface area contributed by atoms with Crippen LogP contribution in [0.15, 0.2) is 60.7 Å². The average molecular weight is 449 g/mol. The minimum absolute atomic E-state index is 0.158. The van der Waals surface area contributed by atoms with Crippen LogP contribution in [0.1, 0.15) is 6.42 Å². The normalized spacial score (nSPS) is 31.3. The number of ether oxygens (including phenoxy) is 1. The van der Waals surface area contributed by atoms with Crippen LogP contribution in [0.25, 0.3) is 0 Å². The van der Waals surface area contributed by atoms with E-state index in [-0.39, 0.29) is 42.0 Å². The standard InChI is InChI=1S/C25H21ClN2O4/c26-19-3-1-2-4-20(19)32-14-7-5-13(6-8-14)27-21(29)12-28-24(30)22-15-9-10-16(18-11-17(15)18)23(22)25(28)31/h1-10,15-18,22-23H,11-12H2,(H,27,29)/t15-,16-,17-,18+,22+,23+/m0/s1. The number of carbonyl (C=O) groups excluding carboxylic acids is 3. The Labute approximate surface area is 190 Å². The lowest BCUT2D eigenvalue weighted by atomic mass is 9.63. The molecule has 0 spiro atoms. The number of nitrogens with one attached hydrogen (secondary N) is 1. The second-order valence-electron chi connectivity index (χ2n) is 9.02. The smallest absolute Gasteiger partial charge is 0.244 e. The van der Waals surface area contributed by atoms with E-state index in [1.807, 2.05) is 12.1 Å². The number of anilines is 1. The molecule has 7 rings (SSSR count). The molecular weight excluding hydrogens is 428 g/mol. The number of amides is 3. The molecule has 3 amide bonds. The lowest BCUT2D eigenvalue weighted by Gasteiger charge is -2.37. The fourth-order valence-corrected chi connectivity index (χ4v) is 5.95. The zero-order valence-electron chi connectivity index (χ0n) is 17.1. The van der Waals surface area contributed by atoms with Crippen molar-refractivity contribution in [2.24, 2.45) is 35.5 Å². The molecule has 2 saturated carbocycles. The van der Waals surface area contributed by atoms with Crippen LogP contribution in [0.3, 0.4) is 0 Å². The van der Waals surface area contributed by atoms with Gasteiger partial charge in [0.25, 0.3) is 0 Å². The number of nitrogens with zero attached hydrogens (tertiary/aromatic N) is 1. The largest absolute Gasteiger partial charge is 0.456 e. The molecule has 0 radical (unpaired) electrons. The molecule has 2 aromatic rings. The summed E-state index contributed by atoms with van der Waals surface area (Å²) in [7, 11) is 0. The number of allylic oxidation sites excluding steroid dienone is 2. The van der Waals surface area contributed by atoms with Crippen molar-refractivity contribution in [3.8, 4) is 11.5 Å². The van der Waals surface area contributed by atoms with Crippen LogP contribution in [0.5, 0.6) is 11.5 Å². The quantitative estimate of drug-likeness (QED) is 0.551. The van der Waals surface area contributed by atoms with Crippen LogP contribution < -0.4 is 10.1 Å². The molecule has 1 saturated heterocycles. The molecule has 1 aliphatic heterocycles. The van der Waals surface area contributed by atoms with Crippen molar-refractivity contribution in [3.63, 3.8) is 0 Å². The Morgan fingerprint density at radius 1 is 0.969 bits per heavy atom. The van der Waals surface area contributed by atoms with Crippen molar-refractivity contribution in [2.75, 3.05) is 11.9 Å². The molecule has 0 unspecified atom stereocenters. The van der Waals surface area contributed by atoms with E-state index in [9.17, 15) is 14.4 Å². The molecule has 6 atom stereocenters. The summed E-state index contributed by atoms with van der Waals surface area (Å²) >= 11 is 6.11. The van der Waals surface area contributed by atoms with E-state index in [1.54, 1.807) is 36.4 Å². The highest BCUT2D eigenvalue weighted by atomic mass is 35.5. The first-order valence-electron chi connectivity index (χ1n) is 10.9. The van der Waals surface area contributed by atoms with E-state index in [4.69, 9.17) is 16.3 Å². The molecule has 7 heteroatoms. The summed E-state index contributed by atoms with van der Waals surface area (Å²) in [5.74, 6) is 1.18. The number of hydrogen-bond acceptors (Lipinski definition) is 4. The molecule has 3 fully saturated rings. The Hall–Kier alpha value is -3.12. The summed E-state index contributed by atoms with van der Waals surface area (Å²) in [6, 6.07) is 14.0. The maximum atomic E-state index is 13.0. The van der Waals surface area contributed by atoms with Gasteiger partial charge in [-0.2, -0.15) is 0 Å². The molecule has 2 bridgehead atoms. The van der Waals surface area contributed by atoms with Crippen LogP contribution in [-0.2, 0) is 14.4 Å². The minimum atomic E-state index is -0.393. The summed E-state index contributed by atoms with van der Waals surface area (Å²) in [6.45, 7) is -0.253. The Bertz CT molecular complexity index is 1120. The highest BCUT2D eigenvalue weighted by Crippen LogP contribution is 2.65. The SMILES string of the molecule is O=C(CN1C(=O)[C@@H]2[C@H]3C=C[C@@H]([C@@H]4C[C@H]34)[C@H]2C1=O)Nc1ccc(Oc2ccccc2Cl)cc1. The van der Waals surface area contributed by atoms with Gasteiger partial charge >= 0.3 is 0 Å². The van der Waals surface area contributed by atoms with E-state index in [0.29, 0.717) is 34.0 Å². The number of likely N-dealkylation sites (tertiary alicyclic amines) is 1. The number of hydrogen-bond donors (Lipinski definition) is 1. The molecule has 0 aromatic heterocycles. The van der Waals surface area contributed by atoms with Crippen molar-refractivity contribution >= 4 is 35.0 Å². The second-order valence-corrected chi connectivity index (χ2v) is 9.43. The Balaban J connectivity index is 1.10. The van der Waals surface area contributed by atoms with E-state index >= 15 is 0 Å². The van der Waals surface area contributed by atoms with Gasteiger partial charge in [-0.25, -0.2) is 0 Å². The highest BCUT2D eigenvalue weighted by Gasteiger charge is 2.67. The molecular formula is C25H21ClN2O4. The summed E-state index contributed by atoms with van der Waals surface area (Å²) in [4.78, 5) is 39.8. The Kier molecular flexibility index (Phi) is 4.40. The van der Waals surface area contributed by atoms with Gasteiger partial charge in [0.15, 0.2) is 0 Å². The monoisotopic (exact) mass is 448 g/mol. The number of halogens is 1. The minimum Gasteiger partial charge on any atom is -0.456 e. The third-order valence-electron chi connectivity index (χ3n) is 7.26. The fraction of sp³-hybridized carbons (Fsp3) is 0.320. The Morgan fingerprint density at radius 2 is 1.59 bits per heavy atom. The summed E-state index contributed by atoms with van der Waals surface area (Å²) in [5.41, 5.74) is 0.556. The number of benzene rings is 2. The predicted octanol–water partition coefficient (Wildman–Crippen LogP) is 4.12. The van der Waals surface area contributed by atoms with Gasteiger partial charge in [0.1, 0.15) is 18.0 Å². The first-order chi connectivity index (χ1) is 15.5. The van der Waals surface area contributed by atoms with Crippen LogP contribution in [0, 0.1) is 35.5 Å². The van der Waals surface area contributed by atoms with Crippen molar-refractivity contribution in [1.29, 1.82) is 0 Å². The third-order valence-corrected chi connectivity index (χ3v) is 7.57. The summed E-state index contributed by atoms with van der Waals surface area (Å²) in [6.07, 6.45) is 5.37. The van der Waals surface area contributed by atoms with Crippen molar-refractivity contribution in [1.82, 2.24) is 4.90 Å². The molecule has 2 aromatic carbocycles. The van der Waals surface area contributed by atoms with Gasteiger partial charge in [0.2, 0.25) is 17.7 Å². The molecule has 1 heterocycles. The van der Waals surface area contributed by atoms with Crippen LogP contribution in [0.4, 0.5) is 5.69 Å². The topological polar surface area (TPSA) is 75.7 Å². The van der Waals surface area contributed by atoms with E-state index in [0.717, 1.165) is 11.3 Å². The maximum absolute atomic E-state index is 13.0. The molecule has 1 N–H and O–H groups in total. The van der Waals surface area contributed by atoms with Crippen LogP contribution in [0.2, 0.25) is 5.02 Å². The van der Waals surface area contributed by atoms with Gasteiger partial charge < -0.3 is 10.1 Å². The van der Waals surface area contributed by atoms with Crippen molar-refractivity contribution in [2.45, 2.75) is 6.42 Å². The molecule has 4 aliphatic carbocycles. The maximum Gasteiger partial charge on any atom is 0.244 e. The molecule has 32 heavy (non-hydrogen) atoms. The first-order valence-corrected chi connectivity index (χ1v) is 11.2. The third kappa shape index (κ3) is 3.05. The van der Waals surface area contributed by atoms with Gasteiger partial charge in [-0.05, 0) is 66.5 Å². The average Bonchev–Trinajstić information content (AvgIpc) is 3.58. The fourth-order valence-electron chi connectivity index (χ4n) is 5.78. The van der Waals surface area contributed by atoms with Gasteiger partial charge in [-0.1, -0.05) is 35.9 Å². The van der Waals surface area contributed by atoms with Gasteiger partial charge in [0.05, 0.1) is 16.9 Å². The highest BCUT2D eigenvalue weighted by molar-refractivity contribution is 6.32. The summed E-state index contributed by atoms with van der Waals surface area (Å²) in [5, 5.41) is 3.27. The number of imide groups is 1. The predicted molar refractivity (Wildman–Crippen MR) is 118 cm³/mol. The zero-order chi connectivity index (χ0) is 22.0. The molecule has 5 aliphatic rings. The number of carbonyl (C=O) groups is 3. The van der Waals surface area contributed by atoms with Crippen molar-refractivity contribution < 1.29 is 19.1 Å². The van der Waals surface area contributed by atoms with E-state index in [1.165, 1.54) is 0 Å². The second kappa shape index (κ2) is 7.20. The van der Waals surface area contributed by atoms with Crippen molar-refractivity contribution in [3.05, 3.63) is 65.7 Å². The molecule has 6 nitrogen and oxygen atoms in total. The lowest BCUT2D eigenvalue weighted by Crippen LogP contribution is -2.40. The van der Waals surface area contributed by atoms with Crippen LogP contribution in [-0.4, -0.2) is 29.2 Å². The van der Waals surface area contributed by atoms with E-state index < -0.39 is 5.91 Å². The number of para-hydroxylation sites is 1. The Morgan fingerprint density at radius 3 is 2.22 bits per heavy atom. The van der Waals surface area contributed by atoms with Gasteiger partial charge in [-0.3, -0.25) is 19.3 Å². The number of rotatable bonds is 5. The summed E-state index contributed by atoms with van der Waals surface area (Å²) < 4.78 is 5.75. The van der Waals surface area contributed by atoms with E-state index in [2.05, 4.69) is 17.5 Å². The zero-order valence-corrected chi connectivity index (χ0v) is 17.9.